The standard InChI is InChI=1S/C30H64O3Si/c1-6-8-10-12-14-16-18-20-22-26-30(27-23-21-19-17-15-13-11-9-7-2)28-24-25-29-34(31-3,32-4)33-5/h30H,6-29H2,1-5H3. The fourth-order valence-corrected chi connectivity index (χ4v) is 7.05. The molecule has 0 heterocycles. The molecule has 0 aromatic rings. The fraction of sp³-hybridized carbons (Fsp3) is 1.00. The summed E-state index contributed by atoms with van der Waals surface area (Å²) in [6, 6.07) is 0.944. The second-order valence-corrected chi connectivity index (χ2v) is 13.7. The molecule has 0 bridgehead atoms. The fourth-order valence-electron chi connectivity index (χ4n) is 5.25. The van der Waals surface area contributed by atoms with E-state index in [1.165, 1.54) is 141 Å². The van der Waals surface area contributed by atoms with E-state index in [9.17, 15) is 0 Å². The normalized spacial score (nSPS) is 12.2. The summed E-state index contributed by atoms with van der Waals surface area (Å²) in [6.07, 6.45) is 32.5. The minimum atomic E-state index is -2.39. The van der Waals surface area contributed by atoms with Crippen molar-refractivity contribution in [3.05, 3.63) is 0 Å². The Balaban J connectivity index is 4.11. The van der Waals surface area contributed by atoms with Crippen LogP contribution in [0.3, 0.4) is 0 Å². The highest BCUT2D eigenvalue weighted by Crippen LogP contribution is 2.26. The maximum atomic E-state index is 5.60. The molecule has 0 aromatic heterocycles. The molecule has 0 aliphatic rings. The molecule has 0 N–H and O–H groups in total. The van der Waals surface area contributed by atoms with E-state index in [1.54, 1.807) is 21.3 Å². The first-order chi connectivity index (χ1) is 16.7. The monoisotopic (exact) mass is 500 g/mol. The molecule has 0 atom stereocenters. The summed E-state index contributed by atoms with van der Waals surface area (Å²) in [5, 5.41) is 0. The molecular formula is C30H64O3Si. The van der Waals surface area contributed by atoms with Crippen LogP contribution in [0, 0.1) is 5.92 Å². The molecule has 0 aliphatic carbocycles. The lowest BCUT2D eigenvalue weighted by Gasteiger charge is -2.24. The Morgan fingerprint density at radius 1 is 0.412 bits per heavy atom. The molecule has 0 aliphatic heterocycles. The van der Waals surface area contributed by atoms with Crippen molar-refractivity contribution in [1.82, 2.24) is 0 Å². The molecule has 0 saturated heterocycles. The first kappa shape index (κ1) is 34.1. The van der Waals surface area contributed by atoms with Crippen molar-refractivity contribution in [1.29, 1.82) is 0 Å². The second kappa shape index (κ2) is 26.2. The summed E-state index contributed by atoms with van der Waals surface area (Å²) in [4.78, 5) is 0. The van der Waals surface area contributed by atoms with Crippen molar-refractivity contribution in [3.63, 3.8) is 0 Å². The van der Waals surface area contributed by atoms with Crippen molar-refractivity contribution in [2.45, 2.75) is 168 Å². The molecule has 3 nitrogen and oxygen atoms in total. The van der Waals surface area contributed by atoms with Gasteiger partial charge in [0.05, 0.1) is 0 Å². The maximum Gasteiger partial charge on any atom is 0.500 e. The lowest BCUT2D eigenvalue weighted by atomic mass is 9.90. The second-order valence-electron chi connectivity index (χ2n) is 10.6. The Morgan fingerprint density at radius 2 is 0.706 bits per heavy atom. The Labute approximate surface area is 216 Å². The third kappa shape index (κ3) is 20.3. The van der Waals surface area contributed by atoms with Gasteiger partial charge in [-0.3, -0.25) is 0 Å². The zero-order valence-electron chi connectivity index (χ0n) is 24.3. The summed E-state index contributed by atoms with van der Waals surface area (Å²) in [5.41, 5.74) is 0. The van der Waals surface area contributed by atoms with Gasteiger partial charge in [0.2, 0.25) is 0 Å². The highest BCUT2D eigenvalue weighted by atomic mass is 28.4. The average molecular weight is 501 g/mol. The molecule has 0 rings (SSSR count). The van der Waals surface area contributed by atoms with Crippen LogP contribution < -0.4 is 0 Å². The Kier molecular flexibility index (Phi) is 26.2. The van der Waals surface area contributed by atoms with Crippen LogP contribution in [-0.4, -0.2) is 30.1 Å². The maximum absolute atomic E-state index is 5.60. The number of hydrogen-bond acceptors (Lipinski definition) is 3. The number of unbranched alkanes of at least 4 members (excludes halogenated alkanes) is 17. The lowest BCUT2D eigenvalue weighted by Crippen LogP contribution is -2.42. The van der Waals surface area contributed by atoms with E-state index < -0.39 is 8.80 Å². The van der Waals surface area contributed by atoms with Gasteiger partial charge >= 0.3 is 8.80 Å². The van der Waals surface area contributed by atoms with Gasteiger partial charge in [-0.15, -0.1) is 0 Å². The molecular weight excluding hydrogens is 436 g/mol. The molecule has 4 heteroatoms. The van der Waals surface area contributed by atoms with E-state index in [1.807, 2.05) is 0 Å². The van der Waals surface area contributed by atoms with Crippen LogP contribution in [0.2, 0.25) is 6.04 Å². The Morgan fingerprint density at radius 3 is 1.03 bits per heavy atom. The predicted molar refractivity (Wildman–Crippen MR) is 153 cm³/mol. The summed E-state index contributed by atoms with van der Waals surface area (Å²) in [7, 11) is 2.80. The summed E-state index contributed by atoms with van der Waals surface area (Å²) in [5.74, 6) is 0.915. The minimum absolute atomic E-state index is 0.915. The van der Waals surface area contributed by atoms with Crippen LogP contribution in [0.5, 0.6) is 0 Å². The number of rotatable bonds is 28. The molecule has 34 heavy (non-hydrogen) atoms. The predicted octanol–water partition coefficient (Wildman–Crippen LogP) is 10.5. The van der Waals surface area contributed by atoms with Crippen LogP contribution >= 0.6 is 0 Å². The van der Waals surface area contributed by atoms with Gasteiger partial charge in [0, 0.05) is 27.4 Å². The quantitative estimate of drug-likeness (QED) is 0.0789. The Bertz CT molecular complexity index is 357. The van der Waals surface area contributed by atoms with Crippen molar-refractivity contribution >= 4 is 8.80 Å². The van der Waals surface area contributed by atoms with Gasteiger partial charge in [-0.2, -0.15) is 0 Å². The summed E-state index contributed by atoms with van der Waals surface area (Å²) >= 11 is 0. The van der Waals surface area contributed by atoms with Gasteiger partial charge in [-0.05, 0) is 12.3 Å². The molecule has 0 fully saturated rings. The molecule has 0 radical (unpaired) electrons. The van der Waals surface area contributed by atoms with Gasteiger partial charge in [-0.25, -0.2) is 0 Å². The molecule has 0 spiro atoms. The van der Waals surface area contributed by atoms with Gasteiger partial charge < -0.3 is 13.3 Å². The van der Waals surface area contributed by atoms with E-state index in [2.05, 4.69) is 13.8 Å². The van der Waals surface area contributed by atoms with E-state index in [0.29, 0.717) is 0 Å². The zero-order valence-corrected chi connectivity index (χ0v) is 25.3. The van der Waals surface area contributed by atoms with E-state index >= 15 is 0 Å². The molecule has 0 amide bonds. The highest BCUT2D eigenvalue weighted by Gasteiger charge is 2.36. The van der Waals surface area contributed by atoms with Crippen LogP contribution in [0.1, 0.15) is 162 Å². The first-order valence-corrected chi connectivity index (χ1v) is 17.3. The van der Waals surface area contributed by atoms with Gasteiger partial charge in [0.1, 0.15) is 0 Å². The SMILES string of the molecule is CCCCCCCCCCCC(CCCCCCCCCCC)CCCC[Si](OC)(OC)OC. The van der Waals surface area contributed by atoms with E-state index in [0.717, 1.165) is 18.4 Å². The Hall–Kier alpha value is 0.0969. The van der Waals surface area contributed by atoms with Crippen LogP contribution in [0.25, 0.3) is 0 Å². The van der Waals surface area contributed by atoms with E-state index in [4.69, 9.17) is 13.3 Å². The third-order valence-corrected chi connectivity index (χ3v) is 10.5. The van der Waals surface area contributed by atoms with Crippen molar-refractivity contribution in [2.24, 2.45) is 5.92 Å². The summed E-state index contributed by atoms with van der Waals surface area (Å²) in [6.45, 7) is 4.60. The molecule has 206 valence electrons. The summed E-state index contributed by atoms with van der Waals surface area (Å²) < 4.78 is 16.8. The smallest absolute Gasteiger partial charge is 0.377 e. The van der Waals surface area contributed by atoms with E-state index in [-0.39, 0.29) is 0 Å². The molecule has 0 saturated carbocycles. The largest absolute Gasteiger partial charge is 0.500 e. The van der Waals surface area contributed by atoms with Crippen LogP contribution in [-0.2, 0) is 13.3 Å². The van der Waals surface area contributed by atoms with Gasteiger partial charge in [0.15, 0.2) is 0 Å². The van der Waals surface area contributed by atoms with Crippen LogP contribution in [0.4, 0.5) is 0 Å². The van der Waals surface area contributed by atoms with Crippen LogP contribution in [0.15, 0.2) is 0 Å². The third-order valence-electron chi connectivity index (χ3n) is 7.71. The van der Waals surface area contributed by atoms with Crippen molar-refractivity contribution < 1.29 is 13.3 Å². The minimum Gasteiger partial charge on any atom is -0.377 e. The van der Waals surface area contributed by atoms with Gasteiger partial charge in [0.25, 0.3) is 0 Å². The van der Waals surface area contributed by atoms with Gasteiger partial charge in [-0.1, -0.05) is 155 Å². The van der Waals surface area contributed by atoms with Crippen molar-refractivity contribution in [3.8, 4) is 0 Å². The highest BCUT2D eigenvalue weighted by molar-refractivity contribution is 6.60. The topological polar surface area (TPSA) is 27.7 Å². The molecule has 0 aromatic carbocycles. The number of hydrogen-bond donors (Lipinski definition) is 0. The lowest BCUT2D eigenvalue weighted by molar-refractivity contribution is 0.122. The van der Waals surface area contributed by atoms with Crippen molar-refractivity contribution in [2.75, 3.05) is 21.3 Å². The zero-order chi connectivity index (χ0) is 25.2. The first-order valence-electron chi connectivity index (χ1n) is 15.3. The average Bonchev–Trinajstić information content (AvgIpc) is 2.86. The molecule has 0 unspecified atom stereocenters.